The van der Waals surface area contributed by atoms with Gasteiger partial charge in [-0.05, 0) is 17.7 Å². The summed E-state index contributed by atoms with van der Waals surface area (Å²) in [5.41, 5.74) is 0.735. The molecule has 17 heavy (non-hydrogen) atoms. The molecule has 0 saturated carbocycles. The van der Waals surface area contributed by atoms with Gasteiger partial charge in [-0.2, -0.15) is 0 Å². The summed E-state index contributed by atoms with van der Waals surface area (Å²) in [5, 5.41) is 20.3. The van der Waals surface area contributed by atoms with Crippen molar-refractivity contribution in [3.63, 3.8) is 0 Å². The van der Waals surface area contributed by atoms with E-state index in [2.05, 4.69) is 5.32 Å². The quantitative estimate of drug-likeness (QED) is 0.530. The Bertz CT molecular complexity index is 397. The number of aliphatic carboxylic acids is 1. The summed E-state index contributed by atoms with van der Waals surface area (Å²) >= 11 is 0. The van der Waals surface area contributed by atoms with Crippen molar-refractivity contribution in [1.29, 1.82) is 0 Å². The second kappa shape index (κ2) is 7.83. The van der Waals surface area contributed by atoms with Gasteiger partial charge in [-0.1, -0.05) is 12.1 Å². The van der Waals surface area contributed by atoms with E-state index in [0.29, 0.717) is 0 Å². The van der Waals surface area contributed by atoms with Crippen LogP contribution in [0.5, 0.6) is 5.75 Å². The van der Waals surface area contributed by atoms with Crippen LogP contribution in [0.2, 0.25) is 0 Å². The van der Waals surface area contributed by atoms with Crippen molar-refractivity contribution in [3.8, 4) is 5.75 Å². The first kappa shape index (κ1) is 16.6. The number of nitrogens with one attached hydrogen (secondary N) is 1. The van der Waals surface area contributed by atoms with Crippen LogP contribution in [-0.2, 0) is 16.0 Å². The number of rotatable bonds is 4. The summed E-state index contributed by atoms with van der Waals surface area (Å²) in [6.07, 6.45) is 0.190. The number of phenols is 1. The number of carboxylic acids is 1. The van der Waals surface area contributed by atoms with E-state index < -0.39 is 12.0 Å². The second-order valence-corrected chi connectivity index (χ2v) is 3.46. The molecule has 0 unspecified atom stereocenters. The number of hydrogen-bond donors (Lipinski definition) is 3. The Morgan fingerprint density at radius 3 is 2.29 bits per heavy atom. The van der Waals surface area contributed by atoms with Crippen molar-refractivity contribution < 1.29 is 72.6 Å². The predicted octanol–water partition coefficient (Wildman–Crippen LogP) is -2.36. The van der Waals surface area contributed by atoms with Crippen LogP contribution >= 0.6 is 0 Å². The molecule has 1 aromatic rings. The molecule has 0 spiro atoms. The standard InChI is InChI=1S/C11H13NO4.K.H/c1-7(13)12-10(11(15)16)6-8-2-4-9(14)5-3-8;;/h2-5,10,14H,6H2,1H3,(H,12,13)(H,15,16);;/q;+1;-1/t10-;;/m0../s1. The van der Waals surface area contributed by atoms with Gasteiger partial charge in [-0.3, -0.25) is 4.79 Å². The molecule has 88 valence electrons. The number of phenolic OH excluding ortho intramolecular Hbond substituents is 1. The molecule has 0 bridgehead atoms. The molecule has 0 radical (unpaired) electrons. The minimum absolute atomic E-state index is 0. The fraction of sp³-hybridized carbons (Fsp3) is 0.273. The van der Waals surface area contributed by atoms with Crippen LogP contribution in [0.3, 0.4) is 0 Å². The van der Waals surface area contributed by atoms with E-state index in [1.165, 1.54) is 19.1 Å². The molecule has 1 atom stereocenters. The molecule has 1 aromatic carbocycles. The Morgan fingerprint density at radius 1 is 1.35 bits per heavy atom. The van der Waals surface area contributed by atoms with Crippen molar-refractivity contribution in [2.45, 2.75) is 19.4 Å². The number of amides is 1. The topological polar surface area (TPSA) is 86.6 Å². The average Bonchev–Trinajstić information content (AvgIpc) is 2.19. The maximum absolute atomic E-state index is 10.8. The van der Waals surface area contributed by atoms with Crippen molar-refractivity contribution >= 4 is 11.9 Å². The largest absolute Gasteiger partial charge is 1.00 e. The van der Waals surface area contributed by atoms with Crippen LogP contribution in [-0.4, -0.2) is 28.1 Å². The summed E-state index contributed by atoms with van der Waals surface area (Å²) < 4.78 is 0. The molecule has 0 aliphatic carbocycles. The number of carbonyl (C=O) groups excluding carboxylic acids is 1. The third-order valence-electron chi connectivity index (χ3n) is 2.05. The van der Waals surface area contributed by atoms with E-state index in [4.69, 9.17) is 10.2 Å². The normalized spacial score (nSPS) is 11.1. The second-order valence-electron chi connectivity index (χ2n) is 3.46. The van der Waals surface area contributed by atoms with Gasteiger partial charge >= 0.3 is 57.4 Å². The third kappa shape index (κ3) is 6.18. The summed E-state index contributed by atoms with van der Waals surface area (Å²) in [5.74, 6) is -1.34. The van der Waals surface area contributed by atoms with E-state index in [1.807, 2.05) is 0 Å². The van der Waals surface area contributed by atoms with Crippen LogP contribution in [0.25, 0.3) is 0 Å². The van der Waals surface area contributed by atoms with Gasteiger partial charge in [-0.15, -0.1) is 0 Å². The minimum Gasteiger partial charge on any atom is -1.00 e. The van der Waals surface area contributed by atoms with E-state index >= 15 is 0 Å². The molecule has 0 aliphatic heterocycles. The Balaban J connectivity index is 0. The van der Waals surface area contributed by atoms with E-state index in [9.17, 15) is 9.59 Å². The van der Waals surface area contributed by atoms with Gasteiger partial charge in [0.1, 0.15) is 11.8 Å². The van der Waals surface area contributed by atoms with Crippen LogP contribution in [0, 0.1) is 0 Å². The number of benzene rings is 1. The zero-order valence-corrected chi connectivity index (χ0v) is 12.9. The fourth-order valence-electron chi connectivity index (χ4n) is 1.31. The Kier molecular flexibility index (Phi) is 7.65. The molecular formula is C11H14KNO4. The summed E-state index contributed by atoms with van der Waals surface area (Å²) in [6, 6.07) is 5.24. The molecule has 0 aliphatic rings. The molecule has 3 N–H and O–H groups in total. The van der Waals surface area contributed by atoms with Crippen LogP contribution < -0.4 is 56.7 Å². The molecular weight excluding hydrogens is 249 g/mol. The molecule has 0 heterocycles. The Morgan fingerprint density at radius 2 is 1.88 bits per heavy atom. The maximum Gasteiger partial charge on any atom is 1.00 e. The van der Waals surface area contributed by atoms with Gasteiger partial charge in [0.15, 0.2) is 0 Å². The minimum atomic E-state index is -1.08. The maximum atomic E-state index is 10.8. The third-order valence-corrected chi connectivity index (χ3v) is 2.05. The number of carboxylic acid groups (broad SMARTS) is 1. The van der Waals surface area contributed by atoms with E-state index in [-0.39, 0.29) is 70.9 Å². The van der Waals surface area contributed by atoms with Crippen LogP contribution in [0.15, 0.2) is 24.3 Å². The van der Waals surface area contributed by atoms with Crippen molar-refractivity contribution in [2.24, 2.45) is 0 Å². The Hall–Kier alpha value is -0.404. The first-order valence-electron chi connectivity index (χ1n) is 4.77. The van der Waals surface area contributed by atoms with Gasteiger partial charge in [0.25, 0.3) is 0 Å². The van der Waals surface area contributed by atoms with Gasteiger partial charge in [0, 0.05) is 13.3 Å². The van der Waals surface area contributed by atoms with Crippen LogP contribution in [0.4, 0.5) is 0 Å². The molecule has 5 nitrogen and oxygen atoms in total. The Labute approximate surface area is 143 Å². The summed E-state index contributed by atoms with van der Waals surface area (Å²) in [6.45, 7) is 1.27. The average molecular weight is 263 g/mol. The zero-order chi connectivity index (χ0) is 12.1. The van der Waals surface area contributed by atoms with Gasteiger partial charge in [0.2, 0.25) is 5.91 Å². The fourth-order valence-corrected chi connectivity index (χ4v) is 1.31. The molecule has 6 heteroatoms. The first-order chi connectivity index (χ1) is 7.49. The molecule has 0 aromatic heterocycles. The van der Waals surface area contributed by atoms with Gasteiger partial charge in [0.05, 0.1) is 0 Å². The molecule has 0 saturated heterocycles. The zero-order valence-electron chi connectivity index (χ0n) is 10.8. The monoisotopic (exact) mass is 263 g/mol. The predicted molar refractivity (Wildman–Crippen MR) is 58.2 cm³/mol. The first-order valence-corrected chi connectivity index (χ1v) is 4.77. The molecule has 0 fully saturated rings. The summed E-state index contributed by atoms with van der Waals surface area (Å²) in [4.78, 5) is 21.6. The molecule has 1 amide bonds. The smallest absolute Gasteiger partial charge is 1.00 e. The van der Waals surface area contributed by atoms with Crippen molar-refractivity contribution in [2.75, 3.05) is 0 Å². The number of aromatic hydroxyl groups is 1. The van der Waals surface area contributed by atoms with Crippen LogP contribution in [0.1, 0.15) is 13.9 Å². The van der Waals surface area contributed by atoms with Crippen molar-refractivity contribution in [1.82, 2.24) is 5.32 Å². The number of hydrogen-bond acceptors (Lipinski definition) is 3. The van der Waals surface area contributed by atoms with Gasteiger partial charge in [-0.25, -0.2) is 4.79 Å². The van der Waals surface area contributed by atoms with E-state index in [0.717, 1.165) is 5.56 Å². The molecule has 1 rings (SSSR count). The van der Waals surface area contributed by atoms with Gasteiger partial charge < -0.3 is 17.0 Å². The summed E-state index contributed by atoms with van der Waals surface area (Å²) in [7, 11) is 0. The number of carbonyl (C=O) groups is 2. The van der Waals surface area contributed by atoms with E-state index in [1.54, 1.807) is 12.1 Å². The van der Waals surface area contributed by atoms with Crippen molar-refractivity contribution in [3.05, 3.63) is 29.8 Å². The SMILES string of the molecule is CC(=O)N[C@@H](Cc1ccc(O)cc1)C(=O)O.[H-].[K+].